The van der Waals surface area contributed by atoms with Crippen LogP contribution in [0, 0.1) is 11.6 Å². The molecule has 0 aliphatic carbocycles. The molecule has 28 heavy (non-hydrogen) atoms. The van der Waals surface area contributed by atoms with Crippen molar-refractivity contribution in [1.29, 1.82) is 0 Å². The molecular formula is C22H19F2N3O. The molecular weight excluding hydrogens is 360 g/mol. The third-order valence-electron chi connectivity index (χ3n) is 5.49. The number of amides is 1. The molecule has 0 bridgehead atoms. The molecule has 1 amide bonds. The van der Waals surface area contributed by atoms with E-state index in [2.05, 4.69) is 5.32 Å². The SMILES string of the molecule is CC(=O)Nc1ccc(-c2cn3c4ccc(F)c(F)c4n4c3c2CCCC4)cc1. The molecule has 1 aliphatic rings. The van der Waals surface area contributed by atoms with Crippen molar-refractivity contribution in [2.75, 3.05) is 5.32 Å². The highest BCUT2D eigenvalue weighted by atomic mass is 19.2. The molecule has 6 heteroatoms. The molecule has 0 saturated heterocycles. The standard InChI is InChI=1S/C22H19F2N3O/c1-13(28)25-15-7-5-14(6-8-15)17-12-27-19-10-9-18(23)20(24)21(19)26-11-3-2-4-16(17)22(26)27/h5-10,12H,2-4,11H2,1H3,(H,25,28). The summed E-state index contributed by atoms with van der Waals surface area (Å²) >= 11 is 0. The lowest BCUT2D eigenvalue weighted by Gasteiger charge is -2.07. The maximum Gasteiger partial charge on any atom is 0.221 e. The molecule has 4 nitrogen and oxygen atoms in total. The van der Waals surface area contributed by atoms with Gasteiger partial charge in [-0.3, -0.25) is 4.79 Å². The number of anilines is 1. The number of hydrogen-bond acceptors (Lipinski definition) is 1. The van der Waals surface area contributed by atoms with Crippen molar-refractivity contribution in [2.24, 2.45) is 0 Å². The lowest BCUT2D eigenvalue weighted by molar-refractivity contribution is -0.114. The fraction of sp³-hybridized carbons (Fsp3) is 0.227. The molecule has 0 atom stereocenters. The highest BCUT2D eigenvalue weighted by Crippen LogP contribution is 2.37. The van der Waals surface area contributed by atoms with Crippen molar-refractivity contribution in [1.82, 2.24) is 8.97 Å². The van der Waals surface area contributed by atoms with E-state index in [0.29, 0.717) is 17.6 Å². The Hall–Kier alpha value is -3.15. The highest BCUT2D eigenvalue weighted by molar-refractivity contribution is 5.90. The number of hydrogen-bond donors (Lipinski definition) is 1. The van der Waals surface area contributed by atoms with E-state index in [-0.39, 0.29) is 5.91 Å². The zero-order valence-corrected chi connectivity index (χ0v) is 15.4. The first kappa shape index (κ1) is 17.0. The summed E-state index contributed by atoms with van der Waals surface area (Å²) in [4.78, 5) is 11.2. The van der Waals surface area contributed by atoms with Crippen molar-refractivity contribution in [3.05, 3.63) is 59.8 Å². The van der Waals surface area contributed by atoms with Gasteiger partial charge >= 0.3 is 0 Å². The zero-order valence-electron chi connectivity index (χ0n) is 15.4. The number of nitrogens with one attached hydrogen (secondary N) is 1. The minimum Gasteiger partial charge on any atom is -0.326 e. The largest absolute Gasteiger partial charge is 0.326 e. The van der Waals surface area contributed by atoms with Gasteiger partial charge in [-0.1, -0.05) is 12.1 Å². The van der Waals surface area contributed by atoms with E-state index in [4.69, 9.17) is 0 Å². The van der Waals surface area contributed by atoms with Crippen LogP contribution in [0.25, 0.3) is 27.8 Å². The van der Waals surface area contributed by atoms with E-state index in [1.165, 1.54) is 13.0 Å². The Kier molecular flexibility index (Phi) is 3.75. The summed E-state index contributed by atoms with van der Waals surface area (Å²) in [5.41, 5.74) is 5.99. The smallest absolute Gasteiger partial charge is 0.221 e. The van der Waals surface area contributed by atoms with Crippen LogP contribution in [-0.2, 0) is 17.8 Å². The average Bonchev–Trinajstić information content (AvgIpc) is 3.08. The maximum atomic E-state index is 14.6. The van der Waals surface area contributed by atoms with Crippen LogP contribution in [0.4, 0.5) is 14.5 Å². The predicted octanol–water partition coefficient (Wildman–Crippen LogP) is 5.13. The van der Waals surface area contributed by atoms with E-state index in [0.717, 1.165) is 47.3 Å². The first-order valence-corrected chi connectivity index (χ1v) is 9.43. The first-order chi connectivity index (χ1) is 13.5. The van der Waals surface area contributed by atoms with Crippen LogP contribution in [0.3, 0.4) is 0 Å². The summed E-state index contributed by atoms with van der Waals surface area (Å²) < 4.78 is 32.3. The summed E-state index contributed by atoms with van der Waals surface area (Å²) in [5, 5.41) is 2.77. The number of halogens is 2. The van der Waals surface area contributed by atoms with Crippen LogP contribution in [0.1, 0.15) is 25.3 Å². The number of carbonyl (C=O) groups is 1. The molecule has 0 spiro atoms. The van der Waals surface area contributed by atoms with Gasteiger partial charge in [0.1, 0.15) is 11.2 Å². The number of nitrogens with zero attached hydrogens (tertiary/aromatic N) is 2. The second-order valence-electron chi connectivity index (χ2n) is 7.31. The van der Waals surface area contributed by atoms with Crippen LogP contribution in [0.5, 0.6) is 0 Å². The zero-order chi connectivity index (χ0) is 19.4. The lowest BCUT2D eigenvalue weighted by atomic mass is 10.0. The third-order valence-corrected chi connectivity index (χ3v) is 5.49. The molecule has 3 heterocycles. The van der Waals surface area contributed by atoms with Crippen LogP contribution in [-0.4, -0.2) is 14.9 Å². The topological polar surface area (TPSA) is 38.4 Å². The van der Waals surface area contributed by atoms with Gasteiger partial charge in [0.25, 0.3) is 0 Å². The molecule has 4 aromatic rings. The fourth-order valence-electron chi connectivity index (χ4n) is 4.32. The number of imidazole rings is 1. The average molecular weight is 379 g/mol. The molecule has 1 aliphatic heterocycles. The van der Waals surface area contributed by atoms with Crippen LogP contribution in [0.15, 0.2) is 42.6 Å². The Morgan fingerprint density at radius 3 is 2.61 bits per heavy atom. The molecule has 1 N–H and O–H groups in total. The summed E-state index contributed by atoms with van der Waals surface area (Å²) in [6.07, 6.45) is 4.82. The Bertz CT molecular complexity index is 1230. The van der Waals surface area contributed by atoms with Gasteiger partial charge in [0.2, 0.25) is 5.91 Å². The highest BCUT2D eigenvalue weighted by Gasteiger charge is 2.24. The first-order valence-electron chi connectivity index (χ1n) is 9.43. The third kappa shape index (κ3) is 2.44. The Morgan fingerprint density at radius 1 is 1.07 bits per heavy atom. The van der Waals surface area contributed by atoms with Gasteiger partial charge in [0.05, 0.1) is 5.52 Å². The Morgan fingerprint density at radius 2 is 1.86 bits per heavy atom. The van der Waals surface area contributed by atoms with Gasteiger partial charge < -0.3 is 14.3 Å². The normalized spacial score (nSPS) is 13.8. The minimum atomic E-state index is -0.816. The quantitative estimate of drug-likeness (QED) is 0.515. The van der Waals surface area contributed by atoms with E-state index >= 15 is 0 Å². The second kappa shape index (κ2) is 6.19. The Labute approximate surface area is 160 Å². The monoisotopic (exact) mass is 379 g/mol. The Balaban J connectivity index is 1.74. The van der Waals surface area contributed by atoms with E-state index < -0.39 is 11.6 Å². The molecule has 0 saturated carbocycles. The summed E-state index contributed by atoms with van der Waals surface area (Å²) in [6.45, 7) is 2.15. The van der Waals surface area contributed by atoms with Gasteiger partial charge in [-0.05, 0) is 49.1 Å². The van der Waals surface area contributed by atoms with Gasteiger partial charge in [-0.15, -0.1) is 0 Å². The van der Waals surface area contributed by atoms with Gasteiger partial charge in [-0.25, -0.2) is 8.78 Å². The number of rotatable bonds is 2. The van der Waals surface area contributed by atoms with Crippen molar-refractivity contribution in [3.8, 4) is 11.1 Å². The second-order valence-corrected chi connectivity index (χ2v) is 7.31. The molecule has 0 radical (unpaired) electrons. The number of aryl methyl sites for hydroxylation is 2. The summed E-state index contributed by atoms with van der Waals surface area (Å²) in [7, 11) is 0. The van der Waals surface area contributed by atoms with E-state index in [1.54, 1.807) is 6.07 Å². The molecule has 2 aromatic heterocycles. The maximum absolute atomic E-state index is 14.6. The van der Waals surface area contributed by atoms with Crippen LogP contribution < -0.4 is 5.32 Å². The molecule has 2 aromatic carbocycles. The molecule has 0 unspecified atom stereocenters. The van der Waals surface area contributed by atoms with Crippen LogP contribution >= 0.6 is 0 Å². The number of fused-ring (bicyclic) bond motifs is 3. The number of aromatic nitrogens is 2. The molecule has 0 fully saturated rings. The summed E-state index contributed by atoms with van der Waals surface area (Å²) in [6, 6.07) is 10.6. The fourth-order valence-corrected chi connectivity index (χ4v) is 4.32. The van der Waals surface area contributed by atoms with Crippen molar-refractivity contribution in [2.45, 2.75) is 32.7 Å². The van der Waals surface area contributed by atoms with Crippen molar-refractivity contribution < 1.29 is 13.6 Å². The van der Waals surface area contributed by atoms with Crippen LogP contribution in [0.2, 0.25) is 0 Å². The lowest BCUT2D eigenvalue weighted by Crippen LogP contribution is -2.05. The van der Waals surface area contributed by atoms with Crippen molar-refractivity contribution >= 4 is 28.3 Å². The predicted molar refractivity (Wildman–Crippen MR) is 105 cm³/mol. The number of carbonyl (C=O) groups excluding carboxylic acids is 1. The minimum absolute atomic E-state index is 0.108. The van der Waals surface area contributed by atoms with Gasteiger partial charge in [0.15, 0.2) is 11.6 Å². The molecule has 142 valence electrons. The molecule has 5 rings (SSSR count). The van der Waals surface area contributed by atoms with Gasteiger partial charge in [0, 0.05) is 36.5 Å². The summed E-state index contributed by atoms with van der Waals surface area (Å²) in [5.74, 6) is -1.71. The number of benzene rings is 2. The van der Waals surface area contributed by atoms with E-state index in [9.17, 15) is 13.6 Å². The van der Waals surface area contributed by atoms with Gasteiger partial charge in [-0.2, -0.15) is 0 Å². The van der Waals surface area contributed by atoms with E-state index in [1.807, 2.05) is 39.4 Å². The van der Waals surface area contributed by atoms with Crippen molar-refractivity contribution in [3.63, 3.8) is 0 Å².